The monoisotopic (exact) mass is 351 g/mol. The van der Waals surface area contributed by atoms with E-state index in [1.165, 1.54) is 4.90 Å². The molecule has 1 unspecified atom stereocenters. The second-order valence-electron chi connectivity index (χ2n) is 6.35. The number of para-hydroxylation sites is 2. The van der Waals surface area contributed by atoms with E-state index in [4.69, 9.17) is 0 Å². The lowest BCUT2D eigenvalue weighted by Crippen LogP contribution is -2.51. The predicted octanol–water partition coefficient (Wildman–Crippen LogP) is 3.75. The van der Waals surface area contributed by atoms with Crippen LogP contribution in [0, 0.1) is 0 Å². The molecule has 134 valence electrons. The first kappa shape index (κ1) is 17.9. The van der Waals surface area contributed by atoms with Gasteiger partial charge >= 0.3 is 5.97 Å². The number of amides is 1. The zero-order valence-corrected chi connectivity index (χ0v) is 14.6. The lowest BCUT2D eigenvalue weighted by Gasteiger charge is -2.41. The number of carboxylic acids is 1. The zero-order valence-electron chi connectivity index (χ0n) is 14.6. The van der Waals surface area contributed by atoms with Crippen molar-refractivity contribution in [3.8, 4) is 0 Å². The summed E-state index contributed by atoms with van der Waals surface area (Å²) < 4.78 is 0. The molecule has 2 N–H and O–H groups in total. The van der Waals surface area contributed by atoms with Gasteiger partial charge in [-0.15, -0.1) is 0 Å². The summed E-state index contributed by atoms with van der Waals surface area (Å²) in [7, 11) is 0. The minimum atomic E-state index is -1.88. The molecule has 3 rings (SSSR count). The van der Waals surface area contributed by atoms with Gasteiger partial charge < -0.3 is 10.2 Å². The number of anilines is 2. The lowest BCUT2D eigenvalue weighted by molar-refractivity contribution is -0.132. The molecule has 0 radical (unpaired) electrons. The van der Waals surface area contributed by atoms with E-state index in [1.54, 1.807) is 36.4 Å². The van der Waals surface area contributed by atoms with Crippen molar-refractivity contribution >= 4 is 28.8 Å². The minimum absolute atomic E-state index is 0.145. The van der Waals surface area contributed by atoms with Crippen molar-refractivity contribution in [1.29, 1.82) is 0 Å². The Morgan fingerprint density at radius 3 is 2.42 bits per heavy atom. The molecular formula is C21H21NO4. The summed E-state index contributed by atoms with van der Waals surface area (Å²) in [5.41, 5.74) is 0.0216. The number of carboxylic acid groups (broad SMARTS) is 1. The van der Waals surface area contributed by atoms with Gasteiger partial charge in [0, 0.05) is 22.9 Å². The summed E-state index contributed by atoms with van der Waals surface area (Å²) in [6.45, 7) is 1.96. The normalized spacial score (nSPS) is 20.9. The minimum Gasteiger partial charge on any atom is -0.478 e. The first-order valence-corrected chi connectivity index (χ1v) is 8.65. The third kappa shape index (κ3) is 3.02. The Morgan fingerprint density at radius 1 is 1.12 bits per heavy atom. The lowest BCUT2D eigenvalue weighted by atomic mass is 9.78. The molecule has 0 aliphatic carbocycles. The molecule has 5 nitrogen and oxygen atoms in total. The maximum atomic E-state index is 13.4. The summed E-state index contributed by atoms with van der Waals surface area (Å²) in [4.78, 5) is 26.2. The van der Waals surface area contributed by atoms with E-state index in [9.17, 15) is 19.8 Å². The Kier molecular flexibility index (Phi) is 4.91. The van der Waals surface area contributed by atoms with Crippen LogP contribution in [0.1, 0.15) is 31.7 Å². The highest BCUT2D eigenvalue weighted by atomic mass is 16.4. The molecule has 0 saturated carbocycles. The zero-order chi connectivity index (χ0) is 18.7. The Balaban J connectivity index is 2.26. The number of fused-ring (bicyclic) bond motifs is 1. The molecule has 0 bridgehead atoms. The molecule has 1 atom stereocenters. The van der Waals surface area contributed by atoms with Gasteiger partial charge in [-0.2, -0.15) is 0 Å². The van der Waals surface area contributed by atoms with Crippen LogP contribution in [0.4, 0.5) is 11.4 Å². The van der Waals surface area contributed by atoms with Crippen LogP contribution in [-0.4, -0.2) is 27.7 Å². The van der Waals surface area contributed by atoms with E-state index in [0.29, 0.717) is 23.4 Å². The maximum absolute atomic E-state index is 13.4. The van der Waals surface area contributed by atoms with Gasteiger partial charge in [-0.05, 0) is 31.0 Å². The fraction of sp³-hybridized carbons (Fsp3) is 0.238. The summed E-state index contributed by atoms with van der Waals surface area (Å²) in [5, 5.41) is 20.6. The van der Waals surface area contributed by atoms with E-state index < -0.39 is 17.5 Å². The van der Waals surface area contributed by atoms with Crippen LogP contribution in [0.2, 0.25) is 0 Å². The topological polar surface area (TPSA) is 77.8 Å². The van der Waals surface area contributed by atoms with Gasteiger partial charge in [0.1, 0.15) is 0 Å². The third-order valence-corrected chi connectivity index (χ3v) is 4.61. The third-order valence-electron chi connectivity index (χ3n) is 4.61. The standard InChI is InChI=1S/C21H21NO4/c1-2-3-13-21(26)17(14-19(23)24)16-11-7-8-12-18(16)22(20(21)25)15-9-5-4-6-10-15/h4-12,14,26H,2-3,13H2,1H3,(H,23,24)/b17-14+. The van der Waals surface area contributed by atoms with Crippen molar-refractivity contribution in [2.45, 2.75) is 31.8 Å². The Morgan fingerprint density at radius 2 is 1.77 bits per heavy atom. The Hall–Kier alpha value is -2.92. The second kappa shape index (κ2) is 7.14. The van der Waals surface area contributed by atoms with E-state index in [0.717, 1.165) is 12.5 Å². The highest BCUT2D eigenvalue weighted by Crippen LogP contribution is 2.46. The number of carbonyl (C=O) groups is 2. The van der Waals surface area contributed by atoms with Gasteiger partial charge in [0.15, 0.2) is 5.60 Å². The van der Waals surface area contributed by atoms with Crippen LogP contribution in [0.5, 0.6) is 0 Å². The van der Waals surface area contributed by atoms with Crippen molar-refractivity contribution in [3.63, 3.8) is 0 Å². The van der Waals surface area contributed by atoms with Gasteiger partial charge in [0.25, 0.3) is 5.91 Å². The molecule has 0 aromatic heterocycles. The smallest absolute Gasteiger partial charge is 0.328 e. The molecule has 1 aliphatic heterocycles. The fourth-order valence-corrected chi connectivity index (χ4v) is 3.36. The molecule has 2 aromatic carbocycles. The van der Waals surface area contributed by atoms with Crippen molar-refractivity contribution < 1.29 is 19.8 Å². The van der Waals surface area contributed by atoms with Gasteiger partial charge in [0.2, 0.25) is 0 Å². The number of rotatable bonds is 5. The number of aliphatic carboxylic acids is 1. The molecule has 0 spiro atoms. The summed E-state index contributed by atoms with van der Waals surface area (Å²) >= 11 is 0. The predicted molar refractivity (Wildman–Crippen MR) is 100 cm³/mol. The van der Waals surface area contributed by atoms with Crippen molar-refractivity contribution in [3.05, 3.63) is 66.2 Å². The Bertz CT molecular complexity index is 859. The van der Waals surface area contributed by atoms with Crippen molar-refractivity contribution in [2.75, 3.05) is 4.90 Å². The van der Waals surface area contributed by atoms with Gasteiger partial charge in [-0.3, -0.25) is 9.69 Å². The van der Waals surface area contributed by atoms with Crippen LogP contribution < -0.4 is 4.90 Å². The molecule has 5 heteroatoms. The summed E-state index contributed by atoms with van der Waals surface area (Å²) in [6, 6.07) is 16.1. The number of unbranched alkanes of at least 4 members (excludes halogenated alkanes) is 1. The van der Waals surface area contributed by atoms with Gasteiger partial charge in [0.05, 0.1) is 5.69 Å². The number of hydrogen-bond donors (Lipinski definition) is 2. The first-order chi connectivity index (χ1) is 12.5. The van der Waals surface area contributed by atoms with Crippen LogP contribution in [-0.2, 0) is 9.59 Å². The van der Waals surface area contributed by atoms with Crippen LogP contribution in [0.25, 0.3) is 5.57 Å². The maximum Gasteiger partial charge on any atom is 0.328 e. The van der Waals surface area contributed by atoms with Crippen LogP contribution >= 0.6 is 0 Å². The van der Waals surface area contributed by atoms with Crippen molar-refractivity contribution in [2.24, 2.45) is 0 Å². The van der Waals surface area contributed by atoms with Crippen LogP contribution in [0.15, 0.2) is 60.7 Å². The number of aliphatic hydroxyl groups is 1. The van der Waals surface area contributed by atoms with E-state index in [1.807, 2.05) is 25.1 Å². The number of carbonyl (C=O) groups excluding carboxylic acids is 1. The number of benzene rings is 2. The van der Waals surface area contributed by atoms with E-state index in [2.05, 4.69) is 0 Å². The Labute approximate surface area is 152 Å². The largest absolute Gasteiger partial charge is 0.478 e. The SMILES string of the molecule is CCCCC1(O)C(=O)N(c2ccccc2)c2ccccc2/C1=C\C(=O)O. The molecule has 0 saturated heterocycles. The van der Waals surface area contributed by atoms with Crippen LogP contribution in [0.3, 0.4) is 0 Å². The molecule has 1 aliphatic rings. The molecule has 26 heavy (non-hydrogen) atoms. The average Bonchev–Trinajstić information content (AvgIpc) is 2.65. The summed E-state index contributed by atoms with van der Waals surface area (Å²) in [5.74, 6) is -1.71. The van der Waals surface area contributed by atoms with Crippen molar-refractivity contribution in [1.82, 2.24) is 0 Å². The van der Waals surface area contributed by atoms with E-state index in [-0.39, 0.29) is 12.0 Å². The highest BCUT2D eigenvalue weighted by molar-refractivity contribution is 6.19. The summed E-state index contributed by atoms with van der Waals surface area (Å²) in [6.07, 6.45) is 2.50. The van der Waals surface area contributed by atoms with Gasteiger partial charge in [-0.1, -0.05) is 49.7 Å². The molecular weight excluding hydrogens is 330 g/mol. The molecule has 0 fully saturated rings. The van der Waals surface area contributed by atoms with E-state index >= 15 is 0 Å². The first-order valence-electron chi connectivity index (χ1n) is 8.65. The fourth-order valence-electron chi connectivity index (χ4n) is 3.36. The van der Waals surface area contributed by atoms with Gasteiger partial charge in [-0.25, -0.2) is 4.79 Å². The quantitative estimate of drug-likeness (QED) is 0.804. The second-order valence-corrected chi connectivity index (χ2v) is 6.35. The average molecular weight is 351 g/mol. The molecule has 1 heterocycles. The molecule has 1 amide bonds. The number of hydrogen-bond acceptors (Lipinski definition) is 3. The molecule has 2 aromatic rings. The highest BCUT2D eigenvalue weighted by Gasteiger charge is 2.48. The number of nitrogens with zero attached hydrogens (tertiary/aromatic N) is 1.